The predicted octanol–water partition coefficient (Wildman–Crippen LogP) is 5.07. The van der Waals surface area contributed by atoms with Gasteiger partial charge < -0.3 is 0 Å². The van der Waals surface area contributed by atoms with Crippen molar-refractivity contribution in [2.45, 2.75) is 77.6 Å². The molecule has 0 heterocycles. The molecule has 0 bridgehead atoms. The third-order valence-electron chi connectivity index (χ3n) is 5.15. The highest BCUT2D eigenvalue weighted by atomic mass is 14.4. The number of rotatable bonds is 4. The summed E-state index contributed by atoms with van der Waals surface area (Å²) in [6, 6.07) is 2.71. The molecule has 2 saturated carbocycles. The van der Waals surface area contributed by atoms with E-state index in [4.69, 9.17) is 0 Å². The van der Waals surface area contributed by atoms with E-state index in [9.17, 15) is 5.26 Å². The standard InChI is InChI=1S/C16H27N/c1-2-5-14-8-10-16(13-17,11-9-14)12-15-6-3-4-7-15/h14-15H,2-12H2,1H3. The lowest BCUT2D eigenvalue weighted by molar-refractivity contribution is 0.165. The van der Waals surface area contributed by atoms with Crippen molar-refractivity contribution in [2.24, 2.45) is 17.3 Å². The molecule has 0 unspecified atom stereocenters. The van der Waals surface area contributed by atoms with Gasteiger partial charge in [-0.3, -0.25) is 0 Å². The number of hydrogen-bond donors (Lipinski definition) is 0. The average molecular weight is 233 g/mol. The zero-order valence-electron chi connectivity index (χ0n) is 11.4. The molecule has 0 aromatic heterocycles. The minimum Gasteiger partial charge on any atom is -0.198 e. The Hall–Kier alpha value is -0.510. The molecule has 0 spiro atoms. The van der Waals surface area contributed by atoms with Crippen LogP contribution in [0.5, 0.6) is 0 Å². The second-order valence-corrected chi connectivity index (χ2v) is 6.48. The monoisotopic (exact) mass is 233 g/mol. The molecule has 2 fully saturated rings. The highest BCUT2D eigenvalue weighted by Crippen LogP contribution is 2.46. The largest absolute Gasteiger partial charge is 0.198 e. The van der Waals surface area contributed by atoms with Crippen LogP contribution in [0, 0.1) is 28.6 Å². The molecule has 0 saturated heterocycles. The van der Waals surface area contributed by atoms with Crippen LogP contribution in [0.15, 0.2) is 0 Å². The molecular formula is C16H27N. The maximum Gasteiger partial charge on any atom is 0.0689 e. The Morgan fingerprint density at radius 1 is 1.06 bits per heavy atom. The normalized spacial score (nSPS) is 34.7. The first-order valence-corrected chi connectivity index (χ1v) is 7.69. The first-order valence-electron chi connectivity index (χ1n) is 7.69. The summed E-state index contributed by atoms with van der Waals surface area (Å²) < 4.78 is 0. The molecule has 1 heteroatoms. The van der Waals surface area contributed by atoms with Crippen molar-refractivity contribution in [1.82, 2.24) is 0 Å². The molecule has 0 atom stereocenters. The van der Waals surface area contributed by atoms with E-state index in [2.05, 4.69) is 13.0 Å². The van der Waals surface area contributed by atoms with Gasteiger partial charge in [-0.25, -0.2) is 0 Å². The summed E-state index contributed by atoms with van der Waals surface area (Å²) in [7, 11) is 0. The van der Waals surface area contributed by atoms with Gasteiger partial charge in [-0.05, 0) is 43.9 Å². The van der Waals surface area contributed by atoms with Crippen molar-refractivity contribution in [3.05, 3.63) is 0 Å². The topological polar surface area (TPSA) is 23.8 Å². The van der Waals surface area contributed by atoms with Gasteiger partial charge in [0.15, 0.2) is 0 Å². The summed E-state index contributed by atoms with van der Waals surface area (Å²) in [6.45, 7) is 2.28. The first kappa shape index (κ1) is 12.9. The van der Waals surface area contributed by atoms with Crippen LogP contribution in [0.1, 0.15) is 77.6 Å². The Balaban J connectivity index is 1.86. The highest BCUT2D eigenvalue weighted by molar-refractivity contribution is 5.02. The van der Waals surface area contributed by atoms with Crippen LogP contribution in [-0.4, -0.2) is 0 Å². The van der Waals surface area contributed by atoms with Crippen LogP contribution in [0.3, 0.4) is 0 Å². The molecule has 0 amide bonds. The van der Waals surface area contributed by atoms with E-state index in [1.807, 2.05) is 0 Å². The molecular weight excluding hydrogens is 206 g/mol. The van der Waals surface area contributed by atoms with Crippen LogP contribution in [0.2, 0.25) is 0 Å². The Morgan fingerprint density at radius 2 is 1.71 bits per heavy atom. The smallest absolute Gasteiger partial charge is 0.0689 e. The second kappa shape index (κ2) is 5.89. The SMILES string of the molecule is CCCC1CCC(C#N)(CC2CCCC2)CC1. The lowest BCUT2D eigenvalue weighted by Crippen LogP contribution is -2.28. The summed E-state index contributed by atoms with van der Waals surface area (Å²) in [5.41, 5.74) is 0.0687. The molecule has 2 aliphatic carbocycles. The number of hydrogen-bond acceptors (Lipinski definition) is 1. The summed E-state index contributed by atoms with van der Waals surface area (Å²) in [5, 5.41) is 9.57. The fourth-order valence-electron chi connectivity index (χ4n) is 4.06. The van der Waals surface area contributed by atoms with Crippen LogP contribution in [0.4, 0.5) is 0 Å². The van der Waals surface area contributed by atoms with E-state index in [1.165, 1.54) is 70.6 Å². The van der Waals surface area contributed by atoms with Gasteiger partial charge in [-0.2, -0.15) is 5.26 Å². The maximum atomic E-state index is 9.57. The second-order valence-electron chi connectivity index (χ2n) is 6.48. The van der Waals surface area contributed by atoms with Gasteiger partial charge in [0.2, 0.25) is 0 Å². The van der Waals surface area contributed by atoms with Gasteiger partial charge in [0, 0.05) is 0 Å². The molecule has 0 N–H and O–H groups in total. The maximum absolute atomic E-state index is 9.57. The third kappa shape index (κ3) is 3.24. The van der Waals surface area contributed by atoms with Crippen LogP contribution >= 0.6 is 0 Å². The third-order valence-corrected chi connectivity index (χ3v) is 5.15. The van der Waals surface area contributed by atoms with Crippen LogP contribution in [0.25, 0.3) is 0 Å². The van der Waals surface area contributed by atoms with E-state index in [1.54, 1.807) is 0 Å². The van der Waals surface area contributed by atoms with Crippen molar-refractivity contribution >= 4 is 0 Å². The molecule has 2 aliphatic rings. The van der Waals surface area contributed by atoms with Gasteiger partial charge in [0.25, 0.3) is 0 Å². The molecule has 0 radical (unpaired) electrons. The zero-order chi connectivity index (χ0) is 12.1. The van der Waals surface area contributed by atoms with Crippen molar-refractivity contribution in [2.75, 3.05) is 0 Å². The summed E-state index contributed by atoms with van der Waals surface area (Å²) >= 11 is 0. The van der Waals surface area contributed by atoms with Crippen molar-refractivity contribution in [1.29, 1.82) is 5.26 Å². The molecule has 0 aromatic rings. The van der Waals surface area contributed by atoms with Crippen LogP contribution in [-0.2, 0) is 0 Å². The summed E-state index contributed by atoms with van der Waals surface area (Å²) in [5.74, 6) is 1.79. The Bertz CT molecular complexity index is 262. The Labute approximate surface area is 107 Å². The Morgan fingerprint density at radius 3 is 2.24 bits per heavy atom. The fourth-order valence-corrected chi connectivity index (χ4v) is 4.06. The first-order chi connectivity index (χ1) is 8.28. The lowest BCUT2D eigenvalue weighted by Gasteiger charge is -2.36. The van der Waals surface area contributed by atoms with E-state index in [0.717, 1.165) is 11.8 Å². The van der Waals surface area contributed by atoms with E-state index in [0.29, 0.717) is 0 Å². The van der Waals surface area contributed by atoms with Crippen molar-refractivity contribution in [3.8, 4) is 6.07 Å². The average Bonchev–Trinajstić information content (AvgIpc) is 2.85. The molecule has 17 heavy (non-hydrogen) atoms. The van der Waals surface area contributed by atoms with E-state index < -0.39 is 0 Å². The Kier molecular flexibility index (Phi) is 4.48. The van der Waals surface area contributed by atoms with Crippen molar-refractivity contribution in [3.63, 3.8) is 0 Å². The summed E-state index contributed by atoms with van der Waals surface area (Å²) in [4.78, 5) is 0. The highest BCUT2D eigenvalue weighted by Gasteiger charge is 2.37. The van der Waals surface area contributed by atoms with Gasteiger partial charge in [-0.15, -0.1) is 0 Å². The molecule has 96 valence electrons. The van der Waals surface area contributed by atoms with Gasteiger partial charge >= 0.3 is 0 Å². The van der Waals surface area contributed by atoms with Gasteiger partial charge in [-0.1, -0.05) is 45.4 Å². The molecule has 0 aromatic carbocycles. The van der Waals surface area contributed by atoms with Gasteiger partial charge in [0.1, 0.15) is 0 Å². The predicted molar refractivity (Wildman–Crippen MR) is 71.5 cm³/mol. The minimum absolute atomic E-state index is 0.0687. The molecule has 1 nitrogen and oxygen atoms in total. The van der Waals surface area contributed by atoms with Gasteiger partial charge in [0.05, 0.1) is 11.5 Å². The van der Waals surface area contributed by atoms with E-state index in [-0.39, 0.29) is 5.41 Å². The minimum atomic E-state index is 0.0687. The fraction of sp³-hybridized carbons (Fsp3) is 0.938. The quantitative estimate of drug-likeness (QED) is 0.665. The van der Waals surface area contributed by atoms with Crippen molar-refractivity contribution < 1.29 is 0 Å². The number of nitrogens with zero attached hydrogens (tertiary/aromatic N) is 1. The molecule has 0 aliphatic heterocycles. The molecule has 2 rings (SSSR count). The summed E-state index contributed by atoms with van der Waals surface area (Å²) in [6.07, 6.45) is 14.5. The van der Waals surface area contributed by atoms with Crippen LogP contribution < -0.4 is 0 Å². The van der Waals surface area contributed by atoms with E-state index >= 15 is 0 Å². The lowest BCUT2D eigenvalue weighted by atomic mass is 9.66. The number of nitriles is 1. The zero-order valence-corrected chi connectivity index (χ0v) is 11.4.